The van der Waals surface area contributed by atoms with E-state index in [9.17, 15) is 4.79 Å². The lowest BCUT2D eigenvalue weighted by Gasteiger charge is -2.39. The van der Waals surface area contributed by atoms with E-state index in [1.807, 2.05) is 53.3 Å². The zero-order valence-electron chi connectivity index (χ0n) is 17.2. The van der Waals surface area contributed by atoms with E-state index >= 15 is 0 Å². The number of benzene rings is 1. The van der Waals surface area contributed by atoms with Crippen LogP contribution in [0, 0.1) is 0 Å². The second-order valence-electron chi connectivity index (χ2n) is 8.40. The molecule has 2 bridgehead atoms. The van der Waals surface area contributed by atoms with Gasteiger partial charge in [0.05, 0.1) is 19.1 Å². The average molecular weight is 406 g/mol. The van der Waals surface area contributed by atoms with Crippen LogP contribution in [0.1, 0.15) is 49.6 Å². The summed E-state index contributed by atoms with van der Waals surface area (Å²) in [5.74, 6) is -0.361. The van der Waals surface area contributed by atoms with Gasteiger partial charge in [0.15, 0.2) is 5.65 Å². The second kappa shape index (κ2) is 8.14. The SMILES string of the molecule is COC(=O)[C@@H](CCN1[C@@H]2CC[C@H]1CC(n1nnc3cccnc31)C2)c1ccccc1. The highest BCUT2D eigenvalue weighted by molar-refractivity contribution is 5.78. The number of piperidine rings is 1. The number of fused-ring (bicyclic) bond motifs is 3. The Balaban J connectivity index is 1.29. The van der Waals surface area contributed by atoms with Crippen LogP contribution in [-0.2, 0) is 9.53 Å². The summed E-state index contributed by atoms with van der Waals surface area (Å²) < 4.78 is 7.13. The van der Waals surface area contributed by atoms with Crippen molar-refractivity contribution in [3.05, 3.63) is 54.2 Å². The van der Waals surface area contributed by atoms with Gasteiger partial charge in [0, 0.05) is 18.3 Å². The molecule has 30 heavy (non-hydrogen) atoms. The molecule has 2 saturated heterocycles. The van der Waals surface area contributed by atoms with Gasteiger partial charge in [-0.1, -0.05) is 35.5 Å². The van der Waals surface area contributed by atoms with Crippen LogP contribution >= 0.6 is 0 Å². The van der Waals surface area contributed by atoms with Gasteiger partial charge in [0.1, 0.15) is 5.52 Å². The maximum atomic E-state index is 12.4. The summed E-state index contributed by atoms with van der Waals surface area (Å²) in [5.41, 5.74) is 2.77. The number of carbonyl (C=O) groups excluding carboxylic acids is 1. The molecule has 0 amide bonds. The lowest BCUT2D eigenvalue weighted by molar-refractivity contribution is -0.142. The van der Waals surface area contributed by atoms with Gasteiger partial charge in [-0.25, -0.2) is 9.67 Å². The van der Waals surface area contributed by atoms with Gasteiger partial charge in [-0.2, -0.15) is 0 Å². The Hall–Kier alpha value is -2.80. The number of carbonyl (C=O) groups is 1. The molecule has 0 spiro atoms. The van der Waals surface area contributed by atoms with E-state index in [0.717, 1.165) is 42.5 Å². The van der Waals surface area contributed by atoms with Crippen molar-refractivity contribution in [3.8, 4) is 0 Å². The number of pyridine rings is 1. The van der Waals surface area contributed by atoms with Crippen LogP contribution in [0.3, 0.4) is 0 Å². The highest BCUT2D eigenvalue weighted by Crippen LogP contribution is 2.41. The van der Waals surface area contributed by atoms with Gasteiger partial charge in [-0.15, -0.1) is 5.10 Å². The Bertz CT molecular complexity index is 1010. The fourth-order valence-electron chi connectivity index (χ4n) is 5.36. The van der Waals surface area contributed by atoms with Crippen LogP contribution in [0.4, 0.5) is 0 Å². The van der Waals surface area contributed by atoms with Gasteiger partial charge in [0.2, 0.25) is 0 Å². The predicted molar refractivity (Wildman–Crippen MR) is 113 cm³/mol. The van der Waals surface area contributed by atoms with E-state index < -0.39 is 0 Å². The summed E-state index contributed by atoms with van der Waals surface area (Å²) in [6, 6.07) is 15.2. The lowest BCUT2D eigenvalue weighted by atomic mass is 9.93. The first-order valence-corrected chi connectivity index (χ1v) is 10.8. The number of rotatable bonds is 6. The number of hydrogen-bond acceptors (Lipinski definition) is 6. The van der Waals surface area contributed by atoms with Gasteiger partial charge < -0.3 is 4.74 Å². The van der Waals surface area contributed by atoms with E-state index in [2.05, 4.69) is 20.2 Å². The summed E-state index contributed by atoms with van der Waals surface area (Å²) in [7, 11) is 1.48. The third-order valence-corrected chi connectivity index (χ3v) is 6.80. The van der Waals surface area contributed by atoms with Crippen molar-refractivity contribution >= 4 is 17.1 Å². The summed E-state index contributed by atoms with van der Waals surface area (Å²) in [5, 5.41) is 8.70. The predicted octanol–water partition coefficient (Wildman–Crippen LogP) is 3.34. The molecule has 0 saturated carbocycles. The van der Waals surface area contributed by atoms with Crippen LogP contribution < -0.4 is 0 Å². The maximum Gasteiger partial charge on any atom is 0.313 e. The third kappa shape index (κ3) is 3.47. The quantitative estimate of drug-likeness (QED) is 0.586. The molecule has 156 valence electrons. The second-order valence-corrected chi connectivity index (χ2v) is 8.40. The first-order valence-electron chi connectivity index (χ1n) is 10.8. The first-order chi connectivity index (χ1) is 14.7. The Morgan fingerprint density at radius 3 is 2.60 bits per heavy atom. The summed E-state index contributed by atoms with van der Waals surface area (Å²) >= 11 is 0. The molecule has 4 atom stereocenters. The van der Waals surface area contributed by atoms with Crippen molar-refractivity contribution in [1.29, 1.82) is 0 Å². The fourth-order valence-corrected chi connectivity index (χ4v) is 5.36. The van der Waals surface area contributed by atoms with Crippen molar-refractivity contribution in [2.45, 2.75) is 56.1 Å². The zero-order chi connectivity index (χ0) is 20.5. The monoisotopic (exact) mass is 405 g/mol. The Morgan fingerprint density at radius 2 is 1.87 bits per heavy atom. The van der Waals surface area contributed by atoms with Crippen molar-refractivity contribution in [2.24, 2.45) is 0 Å². The molecule has 1 aromatic carbocycles. The molecule has 3 aromatic rings. The molecule has 2 fully saturated rings. The number of methoxy groups -OCH3 is 1. The molecule has 2 aromatic heterocycles. The minimum absolute atomic E-state index is 0.149. The maximum absolute atomic E-state index is 12.4. The Kier molecular flexibility index (Phi) is 5.21. The third-order valence-electron chi connectivity index (χ3n) is 6.80. The summed E-state index contributed by atoms with van der Waals surface area (Å²) in [4.78, 5) is 19.5. The first kappa shape index (κ1) is 19.2. The van der Waals surface area contributed by atoms with Gasteiger partial charge in [-0.3, -0.25) is 9.69 Å². The van der Waals surface area contributed by atoms with E-state index in [1.165, 1.54) is 20.0 Å². The van der Waals surface area contributed by atoms with Crippen LogP contribution in [0.15, 0.2) is 48.7 Å². The molecule has 0 radical (unpaired) electrons. The molecule has 2 aliphatic heterocycles. The van der Waals surface area contributed by atoms with Gasteiger partial charge >= 0.3 is 5.97 Å². The molecular weight excluding hydrogens is 378 g/mol. The molecule has 7 nitrogen and oxygen atoms in total. The number of aromatic nitrogens is 4. The number of hydrogen-bond donors (Lipinski definition) is 0. The Morgan fingerprint density at radius 1 is 1.10 bits per heavy atom. The van der Waals surface area contributed by atoms with Crippen LogP contribution in [0.25, 0.3) is 11.2 Å². The molecule has 0 N–H and O–H groups in total. The molecule has 2 aliphatic rings. The van der Waals surface area contributed by atoms with Gasteiger partial charge in [-0.05, 0) is 56.3 Å². The van der Waals surface area contributed by atoms with Gasteiger partial charge in [0.25, 0.3) is 0 Å². The van der Waals surface area contributed by atoms with Crippen LogP contribution in [0.2, 0.25) is 0 Å². The average Bonchev–Trinajstić information content (AvgIpc) is 3.32. The highest BCUT2D eigenvalue weighted by Gasteiger charge is 2.42. The lowest BCUT2D eigenvalue weighted by Crippen LogP contribution is -2.44. The summed E-state index contributed by atoms with van der Waals surface area (Å²) in [6.07, 6.45) is 7.11. The van der Waals surface area contributed by atoms with Crippen molar-refractivity contribution in [1.82, 2.24) is 24.9 Å². The highest BCUT2D eigenvalue weighted by atomic mass is 16.5. The normalized spacial score (nSPS) is 24.8. The number of ether oxygens (including phenoxy) is 1. The molecule has 0 aliphatic carbocycles. The molecule has 5 rings (SSSR count). The van der Waals surface area contributed by atoms with E-state index in [4.69, 9.17) is 4.74 Å². The molecule has 4 heterocycles. The van der Waals surface area contributed by atoms with E-state index in [0.29, 0.717) is 18.1 Å². The van der Waals surface area contributed by atoms with Crippen LogP contribution in [-0.4, -0.2) is 56.6 Å². The number of esters is 1. The summed E-state index contributed by atoms with van der Waals surface area (Å²) in [6.45, 7) is 0.910. The molecular formula is C23H27N5O2. The standard InChI is InChI=1S/C23H27N5O2/c1-30-23(29)20(16-6-3-2-4-7-16)11-13-27-17-9-10-18(27)15-19(14-17)28-22-21(25-26-28)8-5-12-24-22/h2-8,12,17-20H,9-11,13-15H2,1H3/t17-,18+,19?,20-/m0/s1. The van der Waals surface area contributed by atoms with Crippen molar-refractivity contribution in [3.63, 3.8) is 0 Å². The Labute approximate surface area is 176 Å². The molecule has 1 unspecified atom stereocenters. The number of nitrogens with zero attached hydrogens (tertiary/aromatic N) is 5. The smallest absolute Gasteiger partial charge is 0.313 e. The minimum Gasteiger partial charge on any atom is -0.469 e. The van der Waals surface area contributed by atoms with Crippen LogP contribution in [0.5, 0.6) is 0 Å². The topological polar surface area (TPSA) is 73.1 Å². The van der Waals surface area contributed by atoms with Crippen molar-refractivity contribution in [2.75, 3.05) is 13.7 Å². The largest absolute Gasteiger partial charge is 0.469 e. The van der Waals surface area contributed by atoms with E-state index in [-0.39, 0.29) is 11.9 Å². The van der Waals surface area contributed by atoms with E-state index in [1.54, 1.807) is 0 Å². The molecule has 7 heteroatoms. The van der Waals surface area contributed by atoms with Crippen molar-refractivity contribution < 1.29 is 9.53 Å². The minimum atomic E-state index is -0.211. The zero-order valence-corrected chi connectivity index (χ0v) is 17.2. The fraction of sp³-hybridized carbons (Fsp3) is 0.478.